The molecule has 0 spiro atoms. The van der Waals surface area contributed by atoms with Gasteiger partial charge in [-0.25, -0.2) is 0 Å². The molecule has 0 radical (unpaired) electrons. The maximum Gasteiger partial charge on any atom is 0.0926 e. The van der Waals surface area contributed by atoms with E-state index in [-0.39, 0.29) is 23.0 Å². The fourth-order valence-corrected chi connectivity index (χ4v) is 2.65. The first-order chi connectivity index (χ1) is 8.24. The Hall–Kier alpha value is -0.860. The quantitative estimate of drug-likeness (QED) is 0.867. The molecule has 3 atom stereocenters. The lowest BCUT2D eigenvalue weighted by Gasteiger charge is -2.55. The summed E-state index contributed by atoms with van der Waals surface area (Å²) in [5.41, 5.74) is 1.01. The first-order valence-corrected chi connectivity index (χ1v) is 6.63. The number of ether oxygens (including phenoxy) is 1. The molecule has 2 nitrogen and oxygen atoms in total. The highest BCUT2D eigenvalue weighted by Gasteiger charge is 2.55. The maximum absolute atomic E-state index is 10.4. The summed E-state index contributed by atoms with van der Waals surface area (Å²) in [5, 5.41) is 10.4. The zero-order chi connectivity index (χ0) is 13.6. The average Bonchev–Trinajstić information content (AvgIpc) is 2.27. The molecular formula is C16H24O2. The van der Waals surface area contributed by atoms with Gasteiger partial charge in [0.2, 0.25) is 0 Å². The summed E-state index contributed by atoms with van der Waals surface area (Å²) in [4.78, 5) is 0. The van der Waals surface area contributed by atoms with Gasteiger partial charge in [-0.2, -0.15) is 0 Å². The summed E-state index contributed by atoms with van der Waals surface area (Å²) >= 11 is 0. The summed E-state index contributed by atoms with van der Waals surface area (Å²) < 4.78 is 5.98. The van der Waals surface area contributed by atoms with Crippen molar-refractivity contribution in [1.82, 2.24) is 0 Å². The fourth-order valence-electron chi connectivity index (χ4n) is 2.65. The van der Waals surface area contributed by atoms with E-state index in [1.807, 2.05) is 39.0 Å². The Morgan fingerprint density at radius 3 is 2.17 bits per heavy atom. The topological polar surface area (TPSA) is 29.5 Å². The van der Waals surface area contributed by atoms with Gasteiger partial charge in [-0.15, -0.1) is 0 Å². The predicted octanol–water partition coefficient (Wildman–Crippen LogP) is 3.56. The molecule has 0 saturated carbocycles. The highest BCUT2D eigenvalue weighted by Crippen LogP contribution is 2.54. The lowest BCUT2D eigenvalue weighted by molar-refractivity contribution is -0.284. The summed E-state index contributed by atoms with van der Waals surface area (Å²) in [5.74, 6) is 0. The summed E-state index contributed by atoms with van der Waals surface area (Å²) in [7, 11) is 0. The molecule has 1 saturated heterocycles. The molecule has 1 aromatic rings. The number of hydrogen-bond donors (Lipinski definition) is 1. The highest BCUT2D eigenvalue weighted by molar-refractivity contribution is 5.23. The molecule has 1 aliphatic rings. The molecule has 2 rings (SSSR count). The number of benzene rings is 1. The smallest absolute Gasteiger partial charge is 0.0926 e. The monoisotopic (exact) mass is 248 g/mol. The largest absolute Gasteiger partial charge is 0.390 e. The molecule has 0 aliphatic carbocycles. The standard InChI is InChI=1S/C16H24O2/c1-15(2,3)12(17)14-16(4,5)13(18-14)11-9-7-6-8-10-11/h6-10,12-14,17H,1-5H3/t12-,13+,14-/m1/s1. The van der Waals surface area contributed by atoms with E-state index in [4.69, 9.17) is 4.74 Å². The molecule has 1 N–H and O–H groups in total. The van der Waals surface area contributed by atoms with Crippen LogP contribution in [0.15, 0.2) is 30.3 Å². The van der Waals surface area contributed by atoms with E-state index in [2.05, 4.69) is 26.0 Å². The van der Waals surface area contributed by atoms with Gasteiger partial charge in [-0.05, 0) is 11.0 Å². The van der Waals surface area contributed by atoms with Gasteiger partial charge in [0.05, 0.1) is 18.3 Å². The van der Waals surface area contributed by atoms with Crippen LogP contribution in [-0.4, -0.2) is 17.3 Å². The Bertz CT molecular complexity index is 403. The minimum Gasteiger partial charge on any atom is -0.390 e. The second kappa shape index (κ2) is 4.36. The summed E-state index contributed by atoms with van der Waals surface area (Å²) in [6.07, 6.45) is -0.448. The minimum atomic E-state index is -0.438. The SMILES string of the molecule is CC(C)(C)[C@H](O)[C@H]1O[C@@H](c2ccccc2)C1(C)C. The van der Waals surface area contributed by atoms with Gasteiger partial charge < -0.3 is 9.84 Å². The Morgan fingerprint density at radius 2 is 1.72 bits per heavy atom. The average molecular weight is 248 g/mol. The zero-order valence-corrected chi connectivity index (χ0v) is 12.0. The van der Waals surface area contributed by atoms with E-state index < -0.39 is 6.10 Å². The van der Waals surface area contributed by atoms with Crippen LogP contribution < -0.4 is 0 Å². The Labute approximate surface area is 110 Å². The van der Waals surface area contributed by atoms with E-state index >= 15 is 0 Å². The minimum absolute atomic E-state index is 0.0337. The van der Waals surface area contributed by atoms with Gasteiger partial charge in [0.15, 0.2) is 0 Å². The van der Waals surface area contributed by atoms with Crippen molar-refractivity contribution in [2.75, 3.05) is 0 Å². The van der Waals surface area contributed by atoms with Crippen LogP contribution in [0.2, 0.25) is 0 Å². The van der Waals surface area contributed by atoms with Crippen molar-refractivity contribution >= 4 is 0 Å². The summed E-state index contributed by atoms with van der Waals surface area (Å²) in [6, 6.07) is 10.2. The molecule has 2 heteroatoms. The van der Waals surface area contributed by atoms with E-state index in [0.29, 0.717) is 0 Å². The second-order valence-electron chi connectivity index (χ2n) is 6.98. The van der Waals surface area contributed by atoms with Gasteiger partial charge in [0.1, 0.15) is 0 Å². The Morgan fingerprint density at radius 1 is 1.17 bits per heavy atom. The highest BCUT2D eigenvalue weighted by atomic mass is 16.5. The van der Waals surface area contributed by atoms with E-state index in [0.717, 1.165) is 0 Å². The van der Waals surface area contributed by atoms with Crippen molar-refractivity contribution in [1.29, 1.82) is 0 Å². The van der Waals surface area contributed by atoms with Crippen molar-refractivity contribution in [2.24, 2.45) is 10.8 Å². The molecule has 0 aromatic heterocycles. The normalized spacial score (nSPS) is 28.6. The van der Waals surface area contributed by atoms with Crippen molar-refractivity contribution < 1.29 is 9.84 Å². The molecule has 0 amide bonds. The molecule has 0 bridgehead atoms. The van der Waals surface area contributed by atoms with Gasteiger partial charge in [0.25, 0.3) is 0 Å². The number of rotatable bonds is 2. The first-order valence-electron chi connectivity index (χ1n) is 6.63. The molecule has 100 valence electrons. The molecule has 1 fully saturated rings. The summed E-state index contributed by atoms with van der Waals surface area (Å²) in [6.45, 7) is 10.5. The molecule has 1 heterocycles. The van der Waals surface area contributed by atoms with Gasteiger partial charge >= 0.3 is 0 Å². The van der Waals surface area contributed by atoms with Gasteiger partial charge in [0, 0.05) is 5.41 Å². The lowest BCUT2D eigenvalue weighted by Crippen LogP contribution is -2.59. The van der Waals surface area contributed by atoms with Gasteiger partial charge in [-0.3, -0.25) is 0 Å². The molecule has 18 heavy (non-hydrogen) atoms. The van der Waals surface area contributed by atoms with Crippen molar-refractivity contribution in [3.63, 3.8) is 0 Å². The Kier molecular flexibility index (Phi) is 3.28. The molecule has 0 unspecified atom stereocenters. The van der Waals surface area contributed by atoms with Crippen LogP contribution in [0.1, 0.15) is 46.3 Å². The number of aliphatic hydroxyl groups is 1. The maximum atomic E-state index is 10.4. The number of aliphatic hydroxyl groups excluding tert-OH is 1. The van der Waals surface area contributed by atoms with Gasteiger partial charge in [-0.1, -0.05) is 65.0 Å². The predicted molar refractivity (Wildman–Crippen MR) is 73.3 cm³/mol. The van der Waals surface area contributed by atoms with Crippen molar-refractivity contribution in [3.8, 4) is 0 Å². The third kappa shape index (κ3) is 2.19. The van der Waals surface area contributed by atoms with E-state index in [1.54, 1.807) is 0 Å². The van der Waals surface area contributed by atoms with Crippen LogP contribution in [0.4, 0.5) is 0 Å². The van der Waals surface area contributed by atoms with Crippen LogP contribution in [0, 0.1) is 10.8 Å². The van der Waals surface area contributed by atoms with Crippen LogP contribution in [0.5, 0.6) is 0 Å². The van der Waals surface area contributed by atoms with Crippen LogP contribution in [-0.2, 0) is 4.74 Å². The fraction of sp³-hybridized carbons (Fsp3) is 0.625. The first kappa shape index (κ1) is 13.6. The lowest BCUT2D eigenvalue weighted by atomic mass is 9.66. The van der Waals surface area contributed by atoms with Crippen LogP contribution >= 0.6 is 0 Å². The molecular weight excluding hydrogens is 224 g/mol. The van der Waals surface area contributed by atoms with E-state index in [9.17, 15) is 5.11 Å². The van der Waals surface area contributed by atoms with Crippen LogP contribution in [0.3, 0.4) is 0 Å². The van der Waals surface area contributed by atoms with Crippen LogP contribution in [0.25, 0.3) is 0 Å². The molecule has 1 aromatic carbocycles. The second-order valence-corrected chi connectivity index (χ2v) is 6.98. The van der Waals surface area contributed by atoms with Crippen molar-refractivity contribution in [2.45, 2.75) is 52.9 Å². The van der Waals surface area contributed by atoms with E-state index in [1.165, 1.54) is 5.56 Å². The third-order valence-electron chi connectivity index (χ3n) is 3.97. The Balaban J connectivity index is 2.15. The molecule has 1 aliphatic heterocycles. The zero-order valence-electron chi connectivity index (χ0n) is 12.0. The van der Waals surface area contributed by atoms with Crippen molar-refractivity contribution in [3.05, 3.63) is 35.9 Å². The third-order valence-corrected chi connectivity index (χ3v) is 3.97. The number of hydrogen-bond acceptors (Lipinski definition) is 2.